The monoisotopic (exact) mass is 206 g/mol. The van der Waals surface area contributed by atoms with Crippen LogP contribution in [0.15, 0.2) is 0 Å². The number of nitrogens with two attached hydrogens (primary N) is 1. The second kappa shape index (κ2) is 4.14. The van der Waals surface area contributed by atoms with Gasteiger partial charge in [-0.15, -0.1) is 0 Å². The highest BCUT2D eigenvalue weighted by molar-refractivity contribution is 5.36. The number of nitrogens with zero attached hydrogens (tertiary/aromatic N) is 3. The molecule has 1 aliphatic heterocycles. The fourth-order valence-corrected chi connectivity index (χ4v) is 1.97. The first kappa shape index (κ1) is 10.4. The van der Waals surface area contributed by atoms with Crippen LogP contribution in [0.4, 0.5) is 5.82 Å². The highest BCUT2D eigenvalue weighted by Gasteiger charge is 2.15. The first-order chi connectivity index (χ1) is 7.20. The van der Waals surface area contributed by atoms with Crippen molar-refractivity contribution in [1.29, 1.82) is 0 Å². The van der Waals surface area contributed by atoms with Crippen molar-refractivity contribution in [3.63, 3.8) is 0 Å². The topological polar surface area (TPSA) is 55.0 Å². The first-order valence-electron chi connectivity index (χ1n) is 5.55. The molecule has 0 atom stereocenters. The minimum absolute atomic E-state index is 0.582. The minimum Gasteiger partial charge on any atom is -0.382 e. The van der Waals surface area contributed by atoms with Crippen LogP contribution in [0.3, 0.4) is 0 Å². The van der Waals surface area contributed by atoms with Gasteiger partial charge in [-0.25, -0.2) is 4.98 Å². The lowest BCUT2D eigenvalue weighted by molar-refractivity contribution is 0.302. The fourth-order valence-electron chi connectivity index (χ4n) is 1.97. The van der Waals surface area contributed by atoms with Crippen molar-refractivity contribution in [2.24, 2.45) is 0 Å². The van der Waals surface area contributed by atoms with Crippen LogP contribution in [0.5, 0.6) is 0 Å². The van der Waals surface area contributed by atoms with E-state index in [1.807, 2.05) is 6.92 Å². The van der Waals surface area contributed by atoms with E-state index in [1.165, 1.54) is 0 Å². The Hall–Kier alpha value is -1.16. The van der Waals surface area contributed by atoms with Gasteiger partial charge in [-0.2, -0.15) is 0 Å². The lowest BCUT2D eigenvalue weighted by Gasteiger charge is -2.15. The average molecular weight is 206 g/mol. The van der Waals surface area contributed by atoms with Gasteiger partial charge in [-0.1, -0.05) is 6.92 Å². The summed E-state index contributed by atoms with van der Waals surface area (Å²) < 4.78 is 0. The summed E-state index contributed by atoms with van der Waals surface area (Å²) in [5.41, 5.74) is 8.86. The predicted molar refractivity (Wildman–Crippen MR) is 60.7 cm³/mol. The van der Waals surface area contributed by atoms with E-state index < -0.39 is 0 Å². The molecule has 4 heteroatoms. The molecule has 0 saturated carbocycles. The summed E-state index contributed by atoms with van der Waals surface area (Å²) in [5, 5.41) is 0. The number of hydrogen-bond donors (Lipinski definition) is 1. The molecule has 2 rings (SSSR count). The Labute approximate surface area is 90.5 Å². The third-order valence-electron chi connectivity index (χ3n) is 3.04. The number of nitrogen functional groups attached to an aromatic ring is 1. The van der Waals surface area contributed by atoms with Crippen molar-refractivity contribution >= 4 is 5.82 Å². The van der Waals surface area contributed by atoms with E-state index in [9.17, 15) is 0 Å². The Balaban J connectivity index is 2.27. The SMILES string of the molecule is CCN1CCc2nc(C)c(N)nc2CC1. The second-order valence-electron chi connectivity index (χ2n) is 4.02. The summed E-state index contributed by atoms with van der Waals surface area (Å²) in [5.74, 6) is 0.582. The first-order valence-corrected chi connectivity index (χ1v) is 5.55. The summed E-state index contributed by atoms with van der Waals surface area (Å²) in [4.78, 5) is 11.4. The maximum Gasteiger partial charge on any atom is 0.145 e. The Morgan fingerprint density at radius 2 is 1.80 bits per heavy atom. The van der Waals surface area contributed by atoms with Gasteiger partial charge >= 0.3 is 0 Å². The minimum atomic E-state index is 0.582. The van der Waals surface area contributed by atoms with Crippen molar-refractivity contribution in [1.82, 2.24) is 14.9 Å². The number of aryl methyl sites for hydroxylation is 1. The normalized spacial score (nSPS) is 17.2. The number of aromatic nitrogens is 2. The van der Waals surface area contributed by atoms with Crippen LogP contribution in [0.2, 0.25) is 0 Å². The van der Waals surface area contributed by atoms with E-state index in [4.69, 9.17) is 5.73 Å². The molecule has 0 radical (unpaired) electrons. The highest BCUT2D eigenvalue weighted by atomic mass is 15.1. The van der Waals surface area contributed by atoms with Gasteiger partial charge in [0.25, 0.3) is 0 Å². The molecular formula is C11H18N4. The number of anilines is 1. The number of rotatable bonds is 1. The highest BCUT2D eigenvalue weighted by Crippen LogP contribution is 2.15. The van der Waals surface area contributed by atoms with Gasteiger partial charge in [0.05, 0.1) is 17.1 Å². The Morgan fingerprint density at radius 1 is 1.20 bits per heavy atom. The standard InChI is InChI=1S/C11H18N4/c1-3-15-6-4-9-10(5-7-15)14-11(12)8(2)13-9/h3-7H2,1-2H3,(H2,12,14). The van der Waals surface area contributed by atoms with Gasteiger partial charge in [0, 0.05) is 25.9 Å². The molecule has 1 aromatic heterocycles. The molecule has 82 valence electrons. The maximum absolute atomic E-state index is 5.77. The average Bonchev–Trinajstić information content (AvgIpc) is 2.42. The molecule has 0 saturated heterocycles. The molecule has 1 aliphatic rings. The lowest BCUT2D eigenvalue weighted by atomic mass is 10.2. The molecule has 0 spiro atoms. The van der Waals surface area contributed by atoms with Crippen LogP contribution in [-0.4, -0.2) is 34.5 Å². The third-order valence-corrected chi connectivity index (χ3v) is 3.04. The second-order valence-corrected chi connectivity index (χ2v) is 4.02. The van der Waals surface area contributed by atoms with E-state index in [0.29, 0.717) is 5.82 Å². The van der Waals surface area contributed by atoms with Crippen molar-refractivity contribution in [3.8, 4) is 0 Å². The molecular weight excluding hydrogens is 188 g/mol. The summed E-state index contributed by atoms with van der Waals surface area (Å²) in [6, 6.07) is 0. The molecule has 0 fully saturated rings. The maximum atomic E-state index is 5.77. The van der Waals surface area contributed by atoms with Crippen molar-refractivity contribution in [3.05, 3.63) is 17.1 Å². The quantitative estimate of drug-likeness (QED) is 0.738. The summed E-state index contributed by atoms with van der Waals surface area (Å²) in [7, 11) is 0. The summed E-state index contributed by atoms with van der Waals surface area (Å²) in [6.07, 6.45) is 1.97. The van der Waals surface area contributed by atoms with Crippen LogP contribution in [-0.2, 0) is 12.8 Å². The molecule has 15 heavy (non-hydrogen) atoms. The van der Waals surface area contributed by atoms with Crippen LogP contribution in [0.25, 0.3) is 0 Å². The summed E-state index contributed by atoms with van der Waals surface area (Å²) in [6.45, 7) is 7.37. The van der Waals surface area contributed by atoms with Gasteiger partial charge in [0.2, 0.25) is 0 Å². The lowest BCUT2D eigenvalue weighted by Crippen LogP contribution is -2.25. The number of fused-ring (bicyclic) bond motifs is 1. The largest absolute Gasteiger partial charge is 0.382 e. The number of hydrogen-bond acceptors (Lipinski definition) is 4. The molecule has 0 bridgehead atoms. The Bertz CT molecular complexity index is 329. The van der Waals surface area contributed by atoms with E-state index >= 15 is 0 Å². The number of likely N-dealkylation sites (N-methyl/N-ethyl adjacent to an activating group) is 1. The van der Waals surface area contributed by atoms with Crippen molar-refractivity contribution in [2.45, 2.75) is 26.7 Å². The Kier molecular flexibility index (Phi) is 2.86. The van der Waals surface area contributed by atoms with Crippen LogP contribution in [0.1, 0.15) is 24.0 Å². The zero-order valence-corrected chi connectivity index (χ0v) is 9.45. The molecule has 1 aromatic rings. The van der Waals surface area contributed by atoms with Gasteiger partial charge in [-0.05, 0) is 13.5 Å². The Morgan fingerprint density at radius 3 is 2.40 bits per heavy atom. The molecule has 0 aliphatic carbocycles. The van der Waals surface area contributed by atoms with Crippen molar-refractivity contribution < 1.29 is 0 Å². The zero-order chi connectivity index (χ0) is 10.8. The predicted octanol–water partition coefficient (Wildman–Crippen LogP) is 0.788. The molecule has 0 aromatic carbocycles. The van der Waals surface area contributed by atoms with E-state index in [0.717, 1.165) is 49.6 Å². The molecule has 2 heterocycles. The van der Waals surface area contributed by atoms with E-state index in [2.05, 4.69) is 21.8 Å². The van der Waals surface area contributed by atoms with Gasteiger partial charge in [0.1, 0.15) is 5.82 Å². The van der Waals surface area contributed by atoms with E-state index in [1.54, 1.807) is 0 Å². The van der Waals surface area contributed by atoms with Crippen LogP contribution >= 0.6 is 0 Å². The molecule has 0 amide bonds. The third kappa shape index (κ3) is 2.09. The van der Waals surface area contributed by atoms with Gasteiger partial charge < -0.3 is 10.6 Å². The summed E-state index contributed by atoms with van der Waals surface area (Å²) >= 11 is 0. The van der Waals surface area contributed by atoms with Crippen LogP contribution in [0, 0.1) is 6.92 Å². The van der Waals surface area contributed by atoms with E-state index in [-0.39, 0.29) is 0 Å². The molecule has 2 N–H and O–H groups in total. The van der Waals surface area contributed by atoms with Gasteiger partial charge in [-0.3, -0.25) is 4.98 Å². The van der Waals surface area contributed by atoms with Crippen molar-refractivity contribution in [2.75, 3.05) is 25.4 Å². The molecule has 0 unspecified atom stereocenters. The fraction of sp³-hybridized carbons (Fsp3) is 0.636. The van der Waals surface area contributed by atoms with Gasteiger partial charge in [0.15, 0.2) is 0 Å². The van der Waals surface area contributed by atoms with Crippen LogP contribution < -0.4 is 5.73 Å². The molecule has 4 nitrogen and oxygen atoms in total. The smallest absolute Gasteiger partial charge is 0.145 e. The zero-order valence-electron chi connectivity index (χ0n) is 9.45.